The molecule has 7 heteroatoms. The van der Waals surface area contributed by atoms with Crippen molar-refractivity contribution in [3.05, 3.63) is 42.7 Å². The van der Waals surface area contributed by atoms with Gasteiger partial charge in [-0.2, -0.15) is 0 Å². The third-order valence-electron chi connectivity index (χ3n) is 4.40. The van der Waals surface area contributed by atoms with E-state index in [1.54, 1.807) is 0 Å². The van der Waals surface area contributed by atoms with Gasteiger partial charge in [0.05, 0.1) is 16.1 Å². The minimum atomic E-state index is -1.00. The lowest BCUT2D eigenvalue weighted by Crippen LogP contribution is -2.14. The number of benzene rings is 1. The number of H-pyrrole nitrogens is 1. The molecule has 3 aromatic heterocycles. The second-order valence-corrected chi connectivity index (χ2v) is 7.22. The number of aromatic amines is 1. The summed E-state index contributed by atoms with van der Waals surface area (Å²) in [5.41, 5.74) is 3.73. The van der Waals surface area contributed by atoms with E-state index < -0.39 is 12.1 Å². The number of hydrogen-bond donors (Lipinski definition) is 2. The fraction of sp³-hybridized carbons (Fsp3) is 0.167. The molecule has 2 N–H and O–H groups in total. The van der Waals surface area contributed by atoms with Crippen LogP contribution in [0.25, 0.3) is 32.4 Å². The second-order valence-electron chi connectivity index (χ2n) is 6.19. The Bertz CT molecular complexity index is 1120. The summed E-state index contributed by atoms with van der Waals surface area (Å²) in [5, 5.41) is 4.28. The summed E-state index contributed by atoms with van der Waals surface area (Å²) in [6.07, 6.45) is 3.01. The van der Waals surface area contributed by atoms with Crippen LogP contribution in [0.1, 0.15) is 6.42 Å². The molecule has 0 aliphatic heterocycles. The molecule has 0 radical (unpaired) electrons. The Morgan fingerprint density at radius 1 is 1.28 bits per heavy atom. The molecule has 1 aliphatic rings. The maximum absolute atomic E-state index is 13.0. The molecule has 1 fully saturated rings. The van der Waals surface area contributed by atoms with E-state index in [9.17, 15) is 9.18 Å². The SMILES string of the molecule is O=C(Nc1nc2ccc(-c3cnc4[nH]ccc4c3)cc2s1)C1C[C@@H]1F. The first-order valence-corrected chi connectivity index (χ1v) is 8.78. The van der Waals surface area contributed by atoms with Gasteiger partial charge in [0.15, 0.2) is 5.13 Å². The average molecular weight is 352 g/mol. The fourth-order valence-corrected chi connectivity index (χ4v) is 3.80. The molecule has 4 aromatic rings. The molecule has 1 unspecified atom stereocenters. The van der Waals surface area contributed by atoms with Gasteiger partial charge >= 0.3 is 0 Å². The van der Waals surface area contributed by atoms with E-state index in [1.165, 1.54) is 11.3 Å². The second kappa shape index (κ2) is 5.35. The van der Waals surface area contributed by atoms with Crippen molar-refractivity contribution in [1.82, 2.24) is 15.0 Å². The van der Waals surface area contributed by atoms with E-state index >= 15 is 0 Å². The Kier molecular flexibility index (Phi) is 3.11. The van der Waals surface area contributed by atoms with Gasteiger partial charge in [-0.05, 0) is 36.2 Å². The van der Waals surface area contributed by atoms with Crippen LogP contribution in [0.4, 0.5) is 9.52 Å². The monoisotopic (exact) mass is 352 g/mol. The molecule has 25 heavy (non-hydrogen) atoms. The summed E-state index contributed by atoms with van der Waals surface area (Å²) in [7, 11) is 0. The smallest absolute Gasteiger partial charge is 0.232 e. The van der Waals surface area contributed by atoms with Gasteiger partial charge in [-0.3, -0.25) is 4.79 Å². The molecular formula is C18H13FN4OS. The van der Waals surface area contributed by atoms with Gasteiger partial charge in [-0.15, -0.1) is 0 Å². The molecular weight excluding hydrogens is 339 g/mol. The third kappa shape index (κ3) is 2.56. The van der Waals surface area contributed by atoms with Crippen LogP contribution in [0, 0.1) is 5.92 Å². The van der Waals surface area contributed by atoms with Crippen LogP contribution in [0.15, 0.2) is 42.7 Å². The van der Waals surface area contributed by atoms with Crippen LogP contribution in [-0.4, -0.2) is 27.0 Å². The van der Waals surface area contributed by atoms with Crippen molar-refractivity contribution in [3.8, 4) is 11.1 Å². The number of thiazole rings is 1. The summed E-state index contributed by atoms with van der Waals surface area (Å²) in [5.74, 6) is -0.796. The van der Waals surface area contributed by atoms with Crippen LogP contribution in [0.2, 0.25) is 0 Å². The highest BCUT2D eigenvalue weighted by atomic mass is 32.1. The number of rotatable bonds is 3. The lowest BCUT2D eigenvalue weighted by molar-refractivity contribution is -0.117. The number of halogens is 1. The number of fused-ring (bicyclic) bond motifs is 2. The largest absolute Gasteiger partial charge is 0.346 e. The molecule has 5 nitrogen and oxygen atoms in total. The lowest BCUT2D eigenvalue weighted by atomic mass is 10.1. The highest BCUT2D eigenvalue weighted by Gasteiger charge is 2.43. The number of nitrogens with zero attached hydrogens (tertiary/aromatic N) is 2. The van der Waals surface area contributed by atoms with Gasteiger partial charge in [0.25, 0.3) is 0 Å². The van der Waals surface area contributed by atoms with Crippen molar-refractivity contribution in [3.63, 3.8) is 0 Å². The maximum atomic E-state index is 13.0. The fourth-order valence-electron chi connectivity index (χ4n) is 2.89. The Labute approximate surface area is 145 Å². The van der Waals surface area contributed by atoms with E-state index in [2.05, 4.69) is 26.3 Å². The zero-order valence-electron chi connectivity index (χ0n) is 13.0. The van der Waals surface area contributed by atoms with E-state index in [0.717, 1.165) is 32.4 Å². The third-order valence-corrected chi connectivity index (χ3v) is 5.33. The van der Waals surface area contributed by atoms with E-state index in [-0.39, 0.29) is 5.91 Å². The van der Waals surface area contributed by atoms with Gasteiger partial charge in [-0.1, -0.05) is 17.4 Å². The topological polar surface area (TPSA) is 70.7 Å². The minimum absolute atomic E-state index is 0.283. The first-order chi connectivity index (χ1) is 12.2. The van der Waals surface area contributed by atoms with Crippen molar-refractivity contribution >= 4 is 43.6 Å². The Morgan fingerprint density at radius 3 is 3.00 bits per heavy atom. The highest BCUT2D eigenvalue weighted by molar-refractivity contribution is 7.22. The molecule has 1 aliphatic carbocycles. The molecule has 1 saturated carbocycles. The number of hydrogen-bond acceptors (Lipinski definition) is 4. The maximum Gasteiger partial charge on any atom is 0.232 e. The number of pyridine rings is 1. The molecule has 0 spiro atoms. The van der Waals surface area contributed by atoms with Crippen LogP contribution in [0.5, 0.6) is 0 Å². The molecule has 124 valence electrons. The zero-order chi connectivity index (χ0) is 17.0. The quantitative estimate of drug-likeness (QED) is 0.582. The molecule has 0 bridgehead atoms. The van der Waals surface area contributed by atoms with Crippen molar-refractivity contribution in [2.75, 3.05) is 5.32 Å². The Hall–Kier alpha value is -2.80. The van der Waals surface area contributed by atoms with E-state index in [0.29, 0.717) is 11.6 Å². The van der Waals surface area contributed by atoms with Gasteiger partial charge in [0, 0.05) is 23.3 Å². The van der Waals surface area contributed by atoms with Gasteiger partial charge < -0.3 is 10.3 Å². The minimum Gasteiger partial charge on any atom is -0.346 e. The zero-order valence-corrected chi connectivity index (χ0v) is 13.8. The highest BCUT2D eigenvalue weighted by Crippen LogP contribution is 2.36. The molecule has 5 rings (SSSR count). The summed E-state index contributed by atoms with van der Waals surface area (Å²) in [6, 6.07) is 10.0. The van der Waals surface area contributed by atoms with Crippen LogP contribution in [0.3, 0.4) is 0 Å². The van der Waals surface area contributed by atoms with Crippen molar-refractivity contribution in [2.45, 2.75) is 12.6 Å². The van der Waals surface area contributed by atoms with Crippen LogP contribution >= 0.6 is 11.3 Å². The molecule has 1 aromatic carbocycles. The number of alkyl halides is 1. The van der Waals surface area contributed by atoms with Crippen molar-refractivity contribution < 1.29 is 9.18 Å². The van der Waals surface area contributed by atoms with Gasteiger partial charge in [-0.25, -0.2) is 14.4 Å². The number of amides is 1. The summed E-state index contributed by atoms with van der Waals surface area (Å²) >= 11 is 1.39. The van der Waals surface area contributed by atoms with Gasteiger partial charge in [0.2, 0.25) is 5.91 Å². The van der Waals surface area contributed by atoms with Crippen molar-refractivity contribution in [1.29, 1.82) is 0 Å². The van der Waals surface area contributed by atoms with Crippen LogP contribution < -0.4 is 5.32 Å². The predicted molar refractivity (Wildman–Crippen MR) is 96.3 cm³/mol. The number of anilines is 1. The number of carbonyl (C=O) groups excluding carboxylic acids is 1. The summed E-state index contributed by atoms with van der Waals surface area (Å²) in [6.45, 7) is 0. The molecule has 1 amide bonds. The number of carbonyl (C=O) groups is 1. The number of aromatic nitrogens is 3. The van der Waals surface area contributed by atoms with E-state index in [1.807, 2.05) is 36.7 Å². The first-order valence-electron chi connectivity index (χ1n) is 7.96. The Morgan fingerprint density at radius 2 is 2.16 bits per heavy atom. The predicted octanol–water partition coefficient (Wildman–Crippen LogP) is 4.14. The molecule has 0 saturated heterocycles. The van der Waals surface area contributed by atoms with Crippen LogP contribution in [-0.2, 0) is 4.79 Å². The van der Waals surface area contributed by atoms with E-state index in [4.69, 9.17) is 0 Å². The molecule has 3 heterocycles. The lowest BCUT2D eigenvalue weighted by Gasteiger charge is -2.01. The summed E-state index contributed by atoms with van der Waals surface area (Å²) in [4.78, 5) is 23.8. The average Bonchev–Trinajstić information content (AvgIpc) is 3.02. The summed E-state index contributed by atoms with van der Waals surface area (Å²) < 4.78 is 13.9. The van der Waals surface area contributed by atoms with Gasteiger partial charge in [0.1, 0.15) is 11.8 Å². The van der Waals surface area contributed by atoms with Crippen molar-refractivity contribution in [2.24, 2.45) is 5.92 Å². The first kappa shape index (κ1) is 14.5. The Balaban J connectivity index is 1.47. The molecule has 2 atom stereocenters. The standard InChI is InChI=1S/C18H13FN4OS/c19-13-7-12(13)17(24)23-18-22-14-2-1-9(6-15(14)25-18)11-5-10-3-4-20-16(10)21-8-11/h1-6,8,12-13H,7H2,(H,20,21)(H,22,23,24)/t12?,13-/m0/s1. The normalized spacial score (nSPS) is 19.4. The number of nitrogens with one attached hydrogen (secondary N) is 2.